The third kappa shape index (κ3) is 6.27. The monoisotopic (exact) mass is 537 g/mol. The Kier molecular flexibility index (Phi) is 7.82. The zero-order valence-corrected chi connectivity index (χ0v) is 21.2. The molecule has 180 valence electrons. The second-order valence-corrected chi connectivity index (χ2v) is 8.87. The van der Waals surface area contributed by atoms with E-state index in [-0.39, 0.29) is 12.4 Å². The lowest BCUT2D eigenvalue weighted by Crippen LogP contribution is -2.01. The van der Waals surface area contributed by atoms with Crippen LogP contribution in [0.15, 0.2) is 77.0 Å². The SMILES string of the molecule is COc1cc2ncnc(Nc3cc(OCc4cccc(F)c4)ccc3Br)c2cc1OCC=C(C)C. The largest absolute Gasteiger partial charge is 0.493 e. The van der Waals surface area contributed by atoms with Gasteiger partial charge in [0.15, 0.2) is 11.5 Å². The van der Waals surface area contributed by atoms with Crippen LogP contribution < -0.4 is 19.5 Å². The van der Waals surface area contributed by atoms with Crippen LogP contribution in [-0.2, 0) is 6.61 Å². The van der Waals surface area contributed by atoms with Crippen LogP contribution >= 0.6 is 15.9 Å². The highest BCUT2D eigenvalue weighted by molar-refractivity contribution is 9.10. The molecule has 0 atom stereocenters. The zero-order chi connectivity index (χ0) is 24.8. The number of fused-ring (bicyclic) bond motifs is 1. The van der Waals surface area contributed by atoms with Crippen LogP contribution in [0.2, 0.25) is 0 Å². The second-order valence-electron chi connectivity index (χ2n) is 8.02. The Balaban J connectivity index is 1.60. The van der Waals surface area contributed by atoms with E-state index in [4.69, 9.17) is 14.2 Å². The van der Waals surface area contributed by atoms with Crippen LogP contribution in [0.4, 0.5) is 15.9 Å². The first-order valence-corrected chi connectivity index (χ1v) is 11.7. The molecule has 35 heavy (non-hydrogen) atoms. The molecule has 4 rings (SSSR count). The highest BCUT2D eigenvalue weighted by atomic mass is 79.9. The highest BCUT2D eigenvalue weighted by Gasteiger charge is 2.13. The fourth-order valence-corrected chi connectivity index (χ4v) is 3.69. The maximum atomic E-state index is 13.5. The van der Waals surface area contributed by atoms with Gasteiger partial charge in [-0.15, -0.1) is 0 Å². The first-order chi connectivity index (χ1) is 16.9. The summed E-state index contributed by atoms with van der Waals surface area (Å²) < 4.78 is 31.6. The predicted octanol–water partition coefficient (Wildman–Crippen LogP) is 7.21. The van der Waals surface area contributed by atoms with E-state index in [9.17, 15) is 4.39 Å². The number of ether oxygens (including phenoxy) is 3. The first kappa shape index (κ1) is 24.5. The molecule has 3 aromatic carbocycles. The standard InChI is InChI=1S/C27H25BrFN3O3/c1-17(2)9-10-34-26-13-21-23(14-25(26)33-3)30-16-31-27(21)32-24-12-20(7-8-22(24)28)35-15-18-5-4-6-19(29)11-18/h4-9,11-14,16H,10,15H2,1-3H3,(H,30,31,32). The number of anilines is 2. The molecule has 1 heterocycles. The van der Waals surface area contributed by atoms with Crippen molar-refractivity contribution < 1.29 is 18.6 Å². The molecule has 6 nitrogen and oxygen atoms in total. The predicted molar refractivity (Wildman–Crippen MR) is 139 cm³/mol. The number of nitrogens with zero attached hydrogens (tertiary/aromatic N) is 2. The van der Waals surface area contributed by atoms with Crippen molar-refractivity contribution in [3.8, 4) is 17.2 Å². The van der Waals surface area contributed by atoms with Gasteiger partial charge in [0, 0.05) is 22.0 Å². The lowest BCUT2D eigenvalue weighted by atomic mass is 10.2. The summed E-state index contributed by atoms with van der Waals surface area (Å²) in [5.41, 5.74) is 3.38. The van der Waals surface area contributed by atoms with Crippen molar-refractivity contribution in [3.63, 3.8) is 0 Å². The molecule has 0 aliphatic heterocycles. The van der Waals surface area contributed by atoms with Crippen molar-refractivity contribution in [1.29, 1.82) is 0 Å². The number of hydrogen-bond acceptors (Lipinski definition) is 6. The van der Waals surface area contributed by atoms with Gasteiger partial charge in [0.05, 0.1) is 18.3 Å². The number of rotatable bonds is 9. The minimum atomic E-state index is -0.291. The van der Waals surface area contributed by atoms with Gasteiger partial charge in [-0.25, -0.2) is 14.4 Å². The number of allylic oxidation sites excluding steroid dienone is 1. The number of aromatic nitrogens is 2. The molecular formula is C27H25BrFN3O3. The second kappa shape index (κ2) is 11.2. The van der Waals surface area contributed by atoms with Crippen LogP contribution in [0, 0.1) is 5.82 Å². The van der Waals surface area contributed by atoms with Crippen LogP contribution in [0.25, 0.3) is 10.9 Å². The van der Waals surface area contributed by atoms with Crippen LogP contribution in [0.1, 0.15) is 19.4 Å². The molecule has 1 aromatic heterocycles. The Morgan fingerprint density at radius 2 is 1.89 bits per heavy atom. The van der Waals surface area contributed by atoms with Gasteiger partial charge in [-0.3, -0.25) is 0 Å². The third-order valence-electron chi connectivity index (χ3n) is 5.14. The maximum absolute atomic E-state index is 13.5. The molecule has 4 aromatic rings. The molecule has 0 saturated carbocycles. The van der Waals surface area contributed by atoms with Gasteiger partial charge >= 0.3 is 0 Å². The van der Waals surface area contributed by atoms with Gasteiger partial charge in [-0.2, -0.15) is 0 Å². The Morgan fingerprint density at radius 1 is 1.03 bits per heavy atom. The van der Waals surface area contributed by atoms with Crippen molar-refractivity contribution in [1.82, 2.24) is 9.97 Å². The first-order valence-electron chi connectivity index (χ1n) is 11.0. The van der Waals surface area contributed by atoms with E-state index in [2.05, 4.69) is 31.2 Å². The van der Waals surface area contributed by atoms with Crippen LogP contribution in [0.5, 0.6) is 17.2 Å². The van der Waals surface area contributed by atoms with Gasteiger partial charge < -0.3 is 19.5 Å². The third-order valence-corrected chi connectivity index (χ3v) is 5.83. The minimum Gasteiger partial charge on any atom is -0.493 e. The summed E-state index contributed by atoms with van der Waals surface area (Å²) in [6.45, 7) is 4.72. The van der Waals surface area contributed by atoms with Crippen LogP contribution in [0.3, 0.4) is 0 Å². The average Bonchev–Trinajstić information content (AvgIpc) is 2.84. The molecular weight excluding hydrogens is 513 g/mol. The molecule has 0 bridgehead atoms. The van der Waals surface area contributed by atoms with Gasteiger partial charge in [0.2, 0.25) is 0 Å². The molecule has 0 unspecified atom stereocenters. The molecule has 0 saturated heterocycles. The van der Waals surface area contributed by atoms with Crippen molar-refractivity contribution in [2.24, 2.45) is 0 Å². The molecule has 0 aliphatic rings. The zero-order valence-electron chi connectivity index (χ0n) is 19.6. The summed E-state index contributed by atoms with van der Waals surface area (Å²) in [5, 5.41) is 4.13. The van der Waals surface area contributed by atoms with Gasteiger partial charge in [0.25, 0.3) is 0 Å². The lowest BCUT2D eigenvalue weighted by molar-refractivity contribution is 0.305. The number of methoxy groups -OCH3 is 1. The van der Waals surface area contributed by atoms with E-state index in [0.717, 1.165) is 21.1 Å². The van der Waals surface area contributed by atoms with Gasteiger partial charge in [0.1, 0.15) is 36.9 Å². The molecule has 0 aliphatic carbocycles. The Hall–Kier alpha value is -3.65. The molecule has 0 spiro atoms. The Bertz CT molecular complexity index is 1370. The lowest BCUT2D eigenvalue weighted by Gasteiger charge is -2.15. The topological polar surface area (TPSA) is 65.5 Å². The number of hydrogen-bond donors (Lipinski definition) is 1. The molecule has 0 fully saturated rings. The highest BCUT2D eigenvalue weighted by Crippen LogP contribution is 2.36. The van der Waals surface area contributed by atoms with Gasteiger partial charge in [-0.1, -0.05) is 17.7 Å². The summed E-state index contributed by atoms with van der Waals surface area (Å²) in [6, 6.07) is 15.6. The minimum absolute atomic E-state index is 0.251. The molecule has 1 N–H and O–H groups in total. The quantitative estimate of drug-likeness (QED) is 0.227. The maximum Gasteiger partial charge on any atom is 0.162 e. The Morgan fingerprint density at radius 3 is 2.66 bits per heavy atom. The summed E-state index contributed by atoms with van der Waals surface area (Å²) in [4.78, 5) is 8.83. The van der Waals surface area contributed by atoms with E-state index in [1.54, 1.807) is 13.2 Å². The van der Waals surface area contributed by atoms with Gasteiger partial charge in [-0.05, 0) is 71.7 Å². The van der Waals surface area contributed by atoms with Crippen molar-refractivity contribution in [3.05, 3.63) is 88.4 Å². The molecule has 0 amide bonds. The summed E-state index contributed by atoms with van der Waals surface area (Å²) in [5.74, 6) is 2.14. The summed E-state index contributed by atoms with van der Waals surface area (Å²) in [6.07, 6.45) is 3.49. The fourth-order valence-electron chi connectivity index (χ4n) is 3.35. The van der Waals surface area contributed by atoms with E-state index in [0.29, 0.717) is 35.2 Å². The van der Waals surface area contributed by atoms with Crippen LogP contribution in [-0.4, -0.2) is 23.7 Å². The number of benzene rings is 3. The summed E-state index contributed by atoms with van der Waals surface area (Å²) in [7, 11) is 1.60. The molecule has 0 radical (unpaired) electrons. The van der Waals surface area contributed by atoms with Crippen molar-refractivity contribution in [2.75, 3.05) is 19.0 Å². The van der Waals surface area contributed by atoms with Crippen molar-refractivity contribution >= 4 is 38.3 Å². The number of halogens is 2. The van der Waals surface area contributed by atoms with E-state index in [1.165, 1.54) is 24.0 Å². The fraction of sp³-hybridized carbons (Fsp3) is 0.185. The summed E-state index contributed by atoms with van der Waals surface area (Å²) >= 11 is 3.58. The normalized spacial score (nSPS) is 10.7. The average molecular weight is 538 g/mol. The van der Waals surface area contributed by atoms with E-state index < -0.39 is 0 Å². The molecule has 8 heteroatoms. The Labute approximate surface area is 211 Å². The van der Waals surface area contributed by atoms with E-state index in [1.807, 2.05) is 56.3 Å². The smallest absolute Gasteiger partial charge is 0.162 e. The van der Waals surface area contributed by atoms with E-state index >= 15 is 0 Å². The number of nitrogens with one attached hydrogen (secondary N) is 1. The van der Waals surface area contributed by atoms with Crippen molar-refractivity contribution in [2.45, 2.75) is 20.5 Å².